The van der Waals surface area contributed by atoms with Crippen LogP contribution in [0.3, 0.4) is 0 Å². The van der Waals surface area contributed by atoms with Crippen LogP contribution in [0, 0.1) is 6.92 Å². The molecule has 0 atom stereocenters. The zero-order valence-corrected chi connectivity index (χ0v) is 19.3. The van der Waals surface area contributed by atoms with Crippen molar-refractivity contribution < 1.29 is 19.0 Å². The molecule has 0 bridgehead atoms. The monoisotopic (exact) mass is 458 g/mol. The van der Waals surface area contributed by atoms with Gasteiger partial charge in [-0.05, 0) is 55.5 Å². The molecule has 4 aromatic rings. The fourth-order valence-corrected chi connectivity index (χ4v) is 3.27. The van der Waals surface area contributed by atoms with Gasteiger partial charge in [0.15, 0.2) is 5.82 Å². The van der Waals surface area contributed by atoms with E-state index in [0.717, 1.165) is 16.8 Å². The van der Waals surface area contributed by atoms with Gasteiger partial charge in [-0.1, -0.05) is 29.8 Å². The van der Waals surface area contributed by atoms with E-state index >= 15 is 0 Å². The number of hydrogen-bond donors (Lipinski definition) is 1. The van der Waals surface area contributed by atoms with Gasteiger partial charge >= 0.3 is 6.01 Å². The van der Waals surface area contributed by atoms with Gasteiger partial charge in [-0.2, -0.15) is 4.98 Å². The van der Waals surface area contributed by atoms with Crippen LogP contribution in [0.2, 0.25) is 0 Å². The Balaban J connectivity index is 1.56. The second kappa shape index (κ2) is 10.6. The molecule has 3 aromatic carbocycles. The first kappa shape index (κ1) is 23.0. The molecular formula is C26H26N4O4. The topological polar surface area (TPSA) is 87.5 Å². The first-order valence-corrected chi connectivity index (χ1v) is 10.8. The molecule has 0 aliphatic rings. The SMILES string of the molecule is COCCOc1nc(-c2ccc(C)cc2)n(-c2ccc(NC(=O)c3ccc(OC)cc3)cc2)n1. The van der Waals surface area contributed by atoms with Crippen LogP contribution >= 0.6 is 0 Å². The van der Waals surface area contributed by atoms with Crippen molar-refractivity contribution in [2.45, 2.75) is 6.92 Å². The van der Waals surface area contributed by atoms with Gasteiger partial charge in [-0.3, -0.25) is 4.79 Å². The molecule has 1 N–H and O–H groups in total. The van der Waals surface area contributed by atoms with Gasteiger partial charge in [0, 0.05) is 23.9 Å². The number of methoxy groups -OCH3 is 2. The molecule has 8 nitrogen and oxygen atoms in total. The summed E-state index contributed by atoms with van der Waals surface area (Å²) in [5.74, 6) is 1.15. The summed E-state index contributed by atoms with van der Waals surface area (Å²) in [6, 6.07) is 22.6. The van der Waals surface area contributed by atoms with E-state index in [0.29, 0.717) is 36.0 Å². The minimum Gasteiger partial charge on any atom is -0.497 e. The number of carbonyl (C=O) groups excluding carboxylic acids is 1. The maximum atomic E-state index is 12.6. The van der Waals surface area contributed by atoms with E-state index in [-0.39, 0.29) is 11.9 Å². The van der Waals surface area contributed by atoms with Crippen LogP contribution in [0.15, 0.2) is 72.8 Å². The van der Waals surface area contributed by atoms with E-state index in [1.807, 2.05) is 55.5 Å². The Labute approximate surface area is 198 Å². The van der Waals surface area contributed by atoms with Crippen LogP contribution < -0.4 is 14.8 Å². The van der Waals surface area contributed by atoms with Crippen LogP contribution in [0.5, 0.6) is 11.8 Å². The van der Waals surface area contributed by atoms with E-state index in [4.69, 9.17) is 14.2 Å². The summed E-state index contributed by atoms with van der Waals surface area (Å²) in [6.45, 7) is 2.83. The maximum absolute atomic E-state index is 12.6. The molecule has 1 aromatic heterocycles. The molecule has 0 aliphatic carbocycles. The first-order valence-electron chi connectivity index (χ1n) is 10.8. The van der Waals surface area contributed by atoms with Gasteiger partial charge in [0.25, 0.3) is 5.91 Å². The average molecular weight is 459 g/mol. The Morgan fingerprint density at radius 2 is 1.62 bits per heavy atom. The highest BCUT2D eigenvalue weighted by Crippen LogP contribution is 2.25. The largest absolute Gasteiger partial charge is 0.497 e. The number of aromatic nitrogens is 3. The number of aryl methyl sites for hydroxylation is 1. The minimum absolute atomic E-state index is 0.203. The number of ether oxygens (including phenoxy) is 3. The quantitative estimate of drug-likeness (QED) is 0.371. The van der Waals surface area contributed by atoms with Gasteiger partial charge in [0.05, 0.1) is 19.4 Å². The Kier molecular flexibility index (Phi) is 7.19. The van der Waals surface area contributed by atoms with Crippen LogP contribution in [0.4, 0.5) is 5.69 Å². The lowest BCUT2D eigenvalue weighted by atomic mass is 10.1. The highest BCUT2D eigenvalue weighted by atomic mass is 16.5. The van der Waals surface area contributed by atoms with E-state index in [2.05, 4.69) is 15.4 Å². The van der Waals surface area contributed by atoms with Gasteiger partial charge in [0.1, 0.15) is 12.4 Å². The summed E-state index contributed by atoms with van der Waals surface area (Å²) in [5.41, 5.74) is 4.06. The van der Waals surface area contributed by atoms with E-state index in [1.165, 1.54) is 0 Å². The number of amides is 1. The molecule has 0 saturated heterocycles. The molecule has 8 heteroatoms. The van der Waals surface area contributed by atoms with Crippen LogP contribution in [0.1, 0.15) is 15.9 Å². The van der Waals surface area contributed by atoms with Crippen LogP contribution in [0.25, 0.3) is 17.1 Å². The molecule has 174 valence electrons. The number of carbonyl (C=O) groups is 1. The Hall–Kier alpha value is -4.17. The molecule has 4 rings (SSSR count). The smallest absolute Gasteiger partial charge is 0.336 e. The van der Waals surface area contributed by atoms with Gasteiger partial charge in [0.2, 0.25) is 0 Å². The number of benzene rings is 3. The summed E-state index contributed by atoms with van der Waals surface area (Å²) < 4.78 is 17.5. The van der Waals surface area contributed by atoms with Crippen molar-refractivity contribution in [2.75, 3.05) is 32.8 Å². The van der Waals surface area contributed by atoms with E-state index in [1.54, 1.807) is 43.2 Å². The summed E-state index contributed by atoms with van der Waals surface area (Å²) in [7, 11) is 3.20. The lowest BCUT2D eigenvalue weighted by molar-refractivity contribution is 0.102. The molecule has 0 radical (unpaired) electrons. The molecule has 34 heavy (non-hydrogen) atoms. The van der Waals surface area contributed by atoms with E-state index in [9.17, 15) is 4.79 Å². The number of hydrogen-bond acceptors (Lipinski definition) is 6. The summed E-state index contributed by atoms with van der Waals surface area (Å²) in [5, 5.41) is 7.44. The minimum atomic E-state index is -0.203. The van der Waals surface area contributed by atoms with Crippen molar-refractivity contribution in [3.05, 3.63) is 83.9 Å². The summed E-state index contributed by atoms with van der Waals surface area (Å²) in [6.07, 6.45) is 0. The summed E-state index contributed by atoms with van der Waals surface area (Å²) >= 11 is 0. The fourth-order valence-electron chi connectivity index (χ4n) is 3.27. The highest BCUT2D eigenvalue weighted by molar-refractivity contribution is 6.04. The van der Waals surface area contributed by atoms with Gasteiger partial charge < -0.3 is 19.5 Å². The second-order valence-corrected chi connectivity index (χ2v) is 7.57. The lowest BCUT2D eigenvalue weighted by Crippen LogP contribution is -2.11. The maximum Gasteiger partial charge on any atom is 0.336 e. The zero-order chi connectivity index (χ0) is 23.9. The third-order valence-electron chi connectivity index (χ3n) is 5.14. The van der Waals surface area contributed by atoms with E-state index < -0.39 is 0 Å². The predicted octanol–water partition coefficient (Wildman–Crippen LogP) is 4.53. The third-order valence-corrected chi connectivity index (χ3v) is 5.14. The number of nitrogens with zero attached hydrogens (tertiary/aromatic N) is 3. The Morgan fingerprint density at radius 3 is 2.26 bits per heavy atom. The Bertz CT molecular complexity index is 1230. The van der Waals surface area contributed by atoms with Crippen molar-refractivity contribution in [3.8, 4) is 28.8 Å². The van der Waals surface area contributed by atoms with Crippen molar-refractivity contribution in [2.24, 2.45) is 0 Å². The van der Waals surface area contributed by atoms with Crippen LogP contribution in [-0.2, 0) is 4.74 Å². The molecule has 1 heterocycles. The van der Waals surface area contributed by atoms with Crippen LogP contribution in [-0.4, -0.2) is 48.1 Å². The predicted molar refractivity (Wildman–Crippen MR) is 130 cm³/mol. The summed E-state index contributed by atoms with van der Waals surface area (Å²) in [4.78, 5) is 17.1. The third kappa shape index (κ3) is 5.41. The molecule has 0 fully saturated rings. The molecular weight excluding hydrogens is 432 g/mol. The Morgan fingerprint density at radius 1 is 0.912 bits per heavy atom. The second-order valence-electron chi connectivity index (χ2n) is 7.57. The van der Waals surface area contributed by atoms with Crippen molar-refractivity contribution in [1.82, 2.24) is 14.8 Å². The average Bonchev–Trinajstić information content (AvgIpc) is 3.29. The molecule has 0 saturated carbocycles. The molecule has 0 spiro atoms. The fraction of sp³-hybridized carbons (Fsp3) is 0.192. The van der Waals surface area contributed by atoms with Gasteiger partial charge in [-0.25, -0.2) is 4.68 Å². The molecule has 0 aliphatic heterocycles. The molecule has 1 amide bonds. The number of anilines is 1. The normalized spacial score (nSPS) is 10.7. The van der Waals surface area contributed by atoms with Gasteiger partial charge in [-0.15, -0.1) is 5.10 Å². The van der Waals surface area contributed by atoms with Crippen molar-refractivity contribution >= 4 is 11.6 Å². The first-order chi connectivity index (χ1) is 16.6. The number of rotatable bonds is 9. The highest BCUT2D eigenvalue weighted by Gasteiger charge is 2.15. The number of nitrogens with one attached hydrogen (secondary N) is 1. The van der Waals surface area contributed by atoms with Crippen molar-refractivity contribution in [1.29, 1.82) is 0 Å². The zero-order valence-electron chi connectivity index (χ0n) is 19.3. The lowest BCUT2D eigenvalue weighted by Gasteiger charge is -2.09. The van der Waals surface area contributed by atoms with Crippen molar-refractivity contribution in [3.63, 3.8) is 0 Å². The standard InChI is InChI=1S/C26H26N4O4/c1-18-4-6-19(7-5-18)24-28-26(34-17-16-32-2)29-30(24)22-12-10-21(11-13-22)27-25(31)20-8-14-23(33-3)15-9-20/h4-15H,16-17H2,1-3H3,(H,27,31). The molecule has 0 unspecified atom stereocenters.